The maximum atomic E-state index is 13.5. The predicted octanol–water partition coefficient (Wildman–Crippen LogP) is 5.02. The molecule has 12 heteroatoms. The summed E-state index contributed by atoms with van der Waals surface area (Å²) in [5.74, 6) is 0.0599. The van der Waals surface area contributed by atoms with Gasteiger partial charge < -0.3 is 39.1 Å². The Hall–Kier alpha value is -6.04. The first-order valence-electron chi connectivity index (χ1n) is 13.8. The number of hydrogen-bond donors (Lipinski definition) is 2. The van der Waals surface area contributed by atoms with Gasteiger partial charge in [0.05, 0.1) is 42.7 Å². The number of hydrogen-bond acceptors (Lipinski definition) is 10. The highest BCUT2D eigenvalue weighted by molar-refractivity contribution is 6.29. The van der Waals surface area contributed by atoms with Crippen LogP contribution in [0.2, 0.25) is 0 Å². The van der Waals surface area contributed by atoms with Crippen LogP contribution in [-0.4, -0.2) is 66.0 Å². The molecule has 0 atom stereocenters. The van der Waals surface area contributed by atoms with Gasteiger partial charge >= 0.3 is 0 Å². The van der Waals surface area contributed by atoms with Crippen molar-refractivity contribution in [3.8, 4) is 34.5 Å². The largest absolute Gasteiger partial charge is 0.493 e. The van der Waals surface area contributed by atoms with E-state index in [4.69, 9.17) is 28.4 Å². The van der Waals surface area contributed by atoms with Crippen molar-refractivity contribution < 1.29 is 47.6 Å². The van der Waals surface area contributed by atoms with E-state index in [1.807, 2.05) is 0 Å². The molecule has 0 fully saturated rings. The molecule has 236 valence electrons. The minimum Gasteiger partial charge on any atom is -0.493 e. The normalized spacial score (nSPS) is 11.5. The molecule has 5 rings (SSSR count). The lowest BCUT2D eigenvalue weighted by molar-refractivity contribution is 0.0979. The maximum absolute atomic E-state index is 13.5. The molecule has 0 radical (unpaired) electrons. The smallest absolute Gasteiger partial charge is 0.255 e. The van der Waals surface area contributed by atoms with Crippen LogP contribution in [0.3, 0.4) is 0 Å². The lowest BCUT2D eigenvalue weighted by atomic mass is 9.83. The van der Waals surface area contributed by atoms with Gasteiger partial charge in [0.25, 0.3) is 11.8 Å². The molecule has 0 saturated heterocycles. The van der Waals surface area contributed by atoms with Crippen LogP contribution >= 0.6 is 0 Å². The zero-order valence-corrected chi connectivity index (χ0v) is 25.9. The second-order valence-electron chi connectivity index (χ2n) is 9.92. The number of carbonyl (C=O) groups is 4. The van der Waals surface area contributed by atoms with Crippen LogP contribution < -0.4 is 39.1 Å². The minimum absolute atomic E-state index is 0.134. The molecule has 0 saturated carbocycles. The Balaban J connectivity index is 1.38. The van der Waals surface area contributed by atoms with Crippen molar-refractivity contribution in [3.05, 3.63) is 94.0 Å². The SMILES string of the molecule is COc1cc(C(=O)Nc2ccc3c(c2)C(=O)c2ccc(NC(=O)c4cc(OC)c(OC)c(OC)c4)cc2C3=O)cc(OC)c1OC. The van der Waals surface area contributed by atoms with Crippen molar-refractivity contribution >= 4 is 34.8 Å². The highest BCUT2D eigenvalue weighted by atomic mass is 16.5. The average molecular weight is 627 g/mol. The summed E-state index contributed by atoms with van der Waals surface area (Å²) < 4.78 is 31.9. The van der Waals surface area contributed by atoms with Crippen molar-refractivity contribution in [2.45, 2.75) is 0 Å². The van der Waals surface area contributed by atoms with Crippen LogP contribution in [0.1, 0.15) is 52.6 Å². The molecular weight excluding hydrogens is 596 g/mol. The quantitative estimate of drug-likeness (QED) is 0.217. The number of nitrogens with one attached hydrogen (secondary N) is 2. The van der Waals surface area contributed by atoms with Gasteiger partial charge in [-0.3, -0.25) is 19.2 Å². The maximum Gasteiger partial charge on any atom is 0.255 e. The Morgan fingerprint density at radius 2 is 0.783 bits per heavy atom. The van der Waals surface area contributed by atoms with Gasteiger partial charge in [0.15, 0.2) is 34.6 Å². The van der Waals surface area contributed by atoms with E-state index in [1.165, 1.54) is 103 Å². The molecule has 2 amide bonds. The van der Waals surface area contributed by atoms with E-state index >= 15 is 0 Å². The van der Waals surface area contributed by atoms with Gasteiger partial charge in [-0.2, -0.15) is 0 Å². The Kier molecular flexibility index (Phi) is 8.80. The molecule has 12 nitrogen and oxygen atoms in total. The molecule has 0 aromatic heterocycles. The van der Waals surface area contributed by atoms with Crippen molar-refractivity contribution in [2.75, 3.05) is 53.3 Å². The first-order valence-corrected chi connectivity index (χ1v) is 13.8. The first-order chi connectivity index (χ1) is 22.2. The summed E-state index contributed by atoms with van der Waals surface area (Å²) in [7, 11) is 8.67. The number of amides is 2. The molecule has 0 bridgehead atoms. The number of carbonyl (C=O) groups excluding carboxylic acids is 4. The molecule has 0 unspecified atom stereocenters. The first kappa shape index (κ1) is 31.4. The third kappa shape index (κ3) is 5.63. The van der Waals surface area contributed by atoms with Crippen LogP contribution in [0.15, 0.2) is 60.7 Å². The number of ketones is 2. The standard InChI is InChI=1S/C34H30N2O10/c1-41-25-11-17(12-26(42-2)31(25)45-5)33(39)35-19-7-9-21-23(15-19)29(37)22-10-8-20(16-24(22)30(21)38)36-34(40)18-13-27(43-3)32(46-6)28(14-18)44-4/h7-16H,1-6H3,(H,35,39)(H,36,40). The molecule has 1 aliphatic carbocycles. The van der Waals surface area contributed by atoms with Gasteiger partial charge in [-0.1, -0.05) is 0 Å². The zero-order valence-electron chi connectivity index (χ0n) is 25.9. The summed E-state index contributed by atoms with van der Waals surface area (Å²) in [5, 5.41) is 5.50. The van der Waals surface area contributed by atoms with Gasteiger partial charge in [0, 0.05) is 44.8 Å². The molecule has 4 aromatic rings. The summed E-state index contributed by atoms with van der Waals surface area (Å²) in [5.41, 5.74) is 1.64. The minimum atomic E-state index is -0.498. The summed E-state index contributed by atoms with van der Waals surface area (Å²) >= 11 is 0. The van der Waals surface area contributed by atoms with Crippen LogP contribution in [0.25, 0.3) is 0 Å². The molecule has 0 heterocycles. The van der Waals surface area contributed by atoms with E-state index in [0.717, 1.165) is 0 Å². The van der Waals surface area contributed by atoms with E-state index in [2.05, 4.69) is 10.6 Å². The second kappa shape index (κ2) is 12.9. The average Bonchev–Trinajstić information content (AvgIpc) is 3.08. The number of ether oxygens (including phenoxy) is 6. The van der Waals surface area contributed by atoms with E-state index in [0.29, 0.717) is 45.9 Å². The fraction of sp³-hybridized carbons (Fsp3) is 0.176. The number of fused-ring (bicyclic) bond motifs is 2. The van der Waals surface area contributed by atoms with Crippen LogP contribution in [0.5, 0.6) is 34.5 Å². The number of benzene rings is 4. The van der Waals surface area contributed by atoms with E-state index in [1.54, 1.807) is 0 Å². The number of methoxy groups -OCH3 is 6. The molecule has 0 spiro atoms. The van der Waals surface area contributed by atoms with Crippen molar-refractivity contribution in [3.63, 3.8) is 0 Å². The van der Waals surface area contributed by atoms with Crippen LogP contribution in [0, 0.1) is 0 Å². The summed E-state index contributed by atoms with van der Waals surface area (Å²) in [6.45, 7) is 0. The summed E-state index contributed by atoms with van der Waals surface area (Å²) in [4.78, 5) is 53.3. The number of anilines is 2. The predicted molar refractivity (Wildman–Crippen MR) is 168 cm³/mol. The highest BCUT2D eigenvalue weighted by Crippen LogP contribution is 2.40. The monoisotopic (exact) mass is 626 g/mol. The third-order valence-electron chi connectivity index (χ3n) is 7.39. The third-order valence-corrected chi connectivity index (χ3v) is 7.39. The Morgan fingerprint density at radius 3 is 1.07 bits per heavy atom. The highest BCUT2D eigenvalue weighted by Gasteiger charge is 2.31. The lowest BCUT2D eigenvalue weighted by Crippen LogP contribution is -2.22. The molecular formula is C34H30N2O10. The van der Waals surface area contributed by atoms with Gasteiger partial charge in [0.2, 0.25) is 11.5 Å². The topological polar surface area (TPSA) is 148 Å². The fourth-order valence-corrected chi connectivity index (χ4v) is 5.14. The Bertz CT molecular complexity index is 1710. The summed E-state index contributed by atoms with van der Waals surface area (Å²) in [6, 6.07) is 14.9. The summed E-state index contributed by atoms with van der Waals surface area (Å²) in [6.07, 6.45) is 0. The molecule has 4 aromatic carbocycles. The van der Waals surface area contributed by atoms with Crippen molar-refractivity contribution in [2.24, 2.45) is 0 Å². The van der Waals surface area contributed by atoms with Crippen LogP contribution in [0.4, 0.5) is 11.4 Å². The van der Waals surface area contributed by atoms with Crippen molar-refractivity contribution in [1.82, 2.24) is 0 Å². The van der Waals surface area contributed by atoms with Gasteiger partial charge in [0.1, 0.15) is 0 Å². The van der Waals surface area contributed by atoms with Gasteiger partial charge in [-0.05, 0) is 60.7 Å². The van der Waals surface area contributed by atoms with E-state index in [-0.39, 0.29) is 33.4 Å². The lowest BCUT2D eigenvalue weighted by Gasteiger charge is -2.20. The molecule has 0 aliphatic heterocycles. The molecule has 1 aliphatic rings. The van der Waals surface area contributed by atoms with E-state index in [9.17, 15) is 19.2 Å². The van der Waals surface area contributed by atoms with Crippen LogP contribution in [-0.2, 0) is 0 Å². The molecule has 2 N–H and O–H groups in total. The Morgan fingerprint density at radius 1 is 0.457 bits per heavy atom. The zero-order chi connectivity index (χ0) is 33.1. The number of rotatable bonds is 10. The second-order valence-corrected chi connectivity index (χ2v) is 9.92. The Labute approximate surface area is 264 Å². The van der Waals surface area contributed by atoms with Gasteiger partial charge in [-0.25, -0.2) is 0 Å². The van der Waals surface area contributed by atoms with Crippen molar-refractivity contribution in [1.29, 1.82) is 0 Å². The van der Waals surface area contributed by atoms with E-state index < -0.39 is 23.4 Å². The molecule has 46 heavy (non-hydrogen) atoms. The van der Waals surface area contributed by atoms with Gasteiger partial charge in [-0.15, -0.1) is 0 Å². The fourth-order valence-electron chi connectivity index (χ4n) is 5.14.